The predicted octanol–water partition coefficient (Wildman–Crippen LogP) is 5.22. The van der Waals surface area contributed by atoms with Crippen molar-refractivity contribution in [3.63, 3.8) is 0 Å². The van der Waals surface area contributed by atoms with Gasteiger partial charge in [-0.05, 0) is 25.2 Å². The molecule has 0 bridgehead atoms. The molecule has 0 saturated heterocycles. The summed E-state index contributed by atoms with van der Waals surface area (Å²) in [6.07, 6.45) is 14.7. The Labute approximate surface area is 141 Å². The third kappa shape index (κ3) is 4.69. The molecule has 1 aliphatic rings. The largest absolute Gasteiger partial charge is 0.481 e. The molecule has 0 aliphatic heterocycles. The van der Waals surface area contributed by atoms with Crippen molar-refractivity contribution < 1.29 is 14.6 Å². The Hall–Kier alpha value is -1.09. The van der Waals surface area contributed by atoms with E-state index in [4.69, 9.17) is 4.74 Å². The predicted molar refractivity (Wildman–Crippen MR) is 95.5 cm³/mol. The third-order valence-electron chi connectivity index (χ3n) is 5.41. The van der Waals surface area contributed by atoms with Gasteiger partial charge in [0.25, 0.3) is 0 Å². The van der Waals surface area contributed by atoms with E-state index < -0.39 is 11.4 Å². The summed E-state index contributed by atoms with van der Waals surface area (Å²) in [5.41, 5.74) is -1.14. The number of methoxy groups -OCH3 is 1. The van der Waals surface area contributed by atoms with Gasteiger partial charge in [-0.1, -0.05) is 70.8 Å². The maximum Gasteiger partial charge on any atom is 0.314 e. The fraction of sp³-hybridized carbons (Fsp3) is 0.750. The Kier molecular flexibility index (Phi) is 8.04. The molecule has 3 heteroatoms. The van der Waals surface area contributed by atoms with Crippen LogP contribution in [-0.4, -0.2) is 24.8 Å². The first kappa shape index (κ1) is 20.0. The maximum absolute atomic E-state index is 12.3. The third-order valence-corrected chi connectivity index (χ3v) is 5.41. The van der Waals surface area contributed by atoms with Gasteiger partial charge in [-0.2, -0.15) is 0 Å². The summed E-state index contributed by atoms with van der Waals surface area (Å²) >= 11 is 0. The molecule has 0 aromatic rings. The molecule has 1 aliphatic carbocycles. The molecular weight excluding hydrogens is 288 g/mol. The number of carbonyl (C=O) groups is 1. The number of carboxylic acids is 1. The van der Waals surface area contributed by atoms with Crippen molar-refractivity contribution >= 4 is 5.97 Å². The number of aliphatic carboxylic acids is 1. The second-order valence-corrected chi connectivity index (χ2v) is 7.24. The first-order chi connectivity index (χ1) is 10.9. The molecule has 0 fully saturated rings. The zero-order valence-electron chi connectivity index (χ0n) is 15.3. The van der Waals surface area contributed by atoms with Crippen LogP contribution in [0.4, 0.5) is 0 Å². The molecule has 1 rings (SSSR count). The average molecular weight is 322 g/mol. The highest BCUT2D eigenvalue weighted by Crippen LogP contribution is 2.52. The lowest BCUT2D eigenvalue weighted by molar-refractivity contribution is -0.153. The first-order valence-corrected chi connectivity index (χ1v) is 9.03. The topological polar surface area (TPSA) is 46.5 Å². The second-order valence-electron chi connectivity index (χ2n) is 7.24. The van der Waals surface area contributed by atoms with E-state index in [0.29, 0.717) is 13.0 Å². The molecule has 0 heterocycles. The minimum atomic E-state index is -0.799. The van der Waals surface area contributed by atoms with Gasteiger partial charge >= 0.3 is 5.97 Å². The van der Waals surface area contributed by atoms with Crippen LogP contribution in [0.2, 0.25) is 0 Å². The molecule has 23 heavy (non-hydrogen) atoms. The molecule has 0 amide bonds. The van der Waals surface area contributed by atoms with E-state index in [1.54, 1.807) is 7.11 Å². The van der Waals surface area contributed by atoms with Crippen LogP contribution < -0.4 is 0 Å². The zero-order valence-corrected chi connectivity index (χ0v) is 15.3. The Morgan fingerprint density at radius 3 is 2.39 bits per heavy atom. The van der Waals surface area contributed by atoms with Crippen LogP contribution in [0.3, 0.4) is 0 Å². The van der Waals surface area contributed by atoms with Crippen molar-refractivity contribution in [3.05, 3.63) is 24.3 Å². The van der Waals surface area contributed by atoms with Crippen LogP contribution in [0.25, 0.3) is 0 Å². The summed E-state index contributed by atoms with van der Waals surface area (Å²) in [6, 6.07) is 0. The van der Waals surface area contributed by atoms with E-state index in [1.165, 1.54) is 12.8 Å². The molecule has 2 unspecified atom stereocenters. The fourth-order valence-corrected chi connectivity index (χ4v) is 3.83. The van der Waals surface area contributed by atoms with Gasteiger partial charge < -0.3 is 9.84 Å². The quantitative estimate of drug-likeness (QED) is 0.530. The Balaban J connectivity index is 2.87. The van der Waals surface area contributed by atoms with Crippen LogP contribution in [0.5, 0.6) is 0 Å². The summed E-state index contributed by atoms with van der Waals surface area (Å²) in [5.74, 6) is 0.0253. The molecule has 0 saturated carbocycles. The number of unbranched alkanes of at least 4 members (excludes halogenated alkanes) is 2. The molecule has 0 radical (unpaired) electrons. The summed E-state index contributed by atoms with van der Waals surface area (Å²) in [5, 5.41) is 10.1. The Morgan fingerprint density at radius 2 is 1.83 bits per heavy atom. The molecule has 0 aromatic carbocycles. The molecule has 132 valence electrons. The highest BCUT2D eigenvalue weighted by atomic mass is 16.5. The van der Waals surface area contributed by atoms with Gasteiger partial charge in [0, 0.05) is 19.1 Å². The number of hydrogen-bond acceptors (Lipinski definition) is 2. The average Bonchev–Trinajstić information content (AvgIpc) is 2.53. The molecular formula is C20H34O3. The minimum Gasteiger partial charge on any atom is -0.481 e. The first-order valence-electron chi connectivity index (χ1n) is 9.03. The lowest BCUT2D eigenvalue weighted by Crippen LogP contribution is -2.47. The Morgan fingerprint density at radius 1 is 1.13 bits per heavy atom. The van der Waals surface area contributed by atoms with E-state index in [-0.39, 0.29) is 5.41 Å². The smallest absolute Gasteiger partial charge is 0.314 e. The van der Waals surface area contributed by atoms with Gasteiger partial charge in [0.05, 0.1) is 5.41 Å². The van der Waals surface area contributed by atoms with Crippen LogP contribution in [0.15, 0.2) is 24.3 Å². The lowest BCUT2D eigenvalue weighted by atomic mass is 9.56. The fourth-order valence-electron chi connectivity index (χ4n) is 3.83. The summed E-state index contributed by atoms with van der Waals surface area (Å²) < 4.78 is 5.26. The van der Waals surface area contributed by atoms with Crippen molar-refractivity contribution in [2.45, 2.75) is 65.7 Å². The van der Waals surface area contributed by atoms with E-state index >= 15 is 0 Å². The van der Waals surface area contributed by atoms with Gasteiger partial charge in [0.2, 0.25) is 0 Å². The summed E-state index contributed by atoms with van der Waals surface area (Å²) in [4.78, 5) is 12.3. The second kappa shape index (κ2) is 9.27. The standard InChI is InChI=1S/C20H34O3/c1-5-19(15-16-23-4)12-9-10-14-20(19,18(21)22)13-8-6-7-11-17(2)3/h9-10,12,14,17H,5-8,11,13,15-16H2,1-4H3,(H,21,22). The van der Waals surface area contributed by atoms with Crippen LogP contribution in [-0.2, 0) is 9.53 Å². The highest BCUT2D eigenvalue weighted by molar-refractivity contribution is 5.79. The van der Waals surface area contributed by atoms with E-state index in [2.05, 4.69) is 26.8 Å². The number of hydrogen-bond donors (Lipinski definition) is 1. The minimum absolute atomic E-state index is 0.346. The lowest BCUT2D eigenvalue weighted by Gasteiger charge is -2.46. The number of allylic oxidation sites excluding steroid dienone is 3. The summed E-state index contributed by atoms with van der Waals surface area (Å²) in [7, 11) is 1.68. The van der Waals surface area contributed by atoms with Gasteiger partial charge in [-0.3, -0.25) is 4.79 Å². The van der Waals surface area contributed by atoms with E-state index in [0.717, 1.165) is 31.6 Å². The molecule has 2 atom stereocenters. The number of ether oxygens (including phenoxy) is 1. The molecule has 1 N–H and O–H groups in total. The number of rotatable bonds is 11. The SMILES string of the molecule is CCC1(CCOC)C=CC=CC1(CCCCCC(C)C)C(=O)O. The van der Waals surface area contributed by atoms with Gasteiger partial charge in [-0.25, -0.2) is 0 Å². The molecule has 0 aromatic heterocycles. The highest BCUT2D eigenvalue weighted by Gasteiger charge is 2.52. The van der Waals surface area contributed by atoms with Crippen LogP contribution in [0.1, 0.15) is 65.7 Å². The van der Waals surface area contributed by atoms with E-state index in [9.17, 15) is 9.90 Å². The normalized spacial score (nSPS) is 26.8. The van der Waals surface area contributed by atoms with Gasteiger partial charge in [-0.15, -0.1) is 0 Å². The molecule has 0 spiro atoms. The Bertz CT molecular complexity index is 425. The van der Waals surface area contributed by atoms with Crippen molar-refractivity contribution in [2.24, 2.45) is 16.7 Å². The van der Waals surface area contributed by atoms with Crippen molar-refractivity contribution in [1.82, 2.24) is 0 Å². The number of carboxylic acid groups (broad SMARTS) is 1. The monoisotopic (exact) mass is 322 g/mol. The van der Waals surface area contributed by atoms with Gasteiger partial charge in [0.1, 0.15) is 0 Å². The molecule has 3 nitrogen and oxygen atoms in total. The van der Waals surface area contributed by atoms with Gasteiger partial charge in [0.15, 0.2) is 0 Å². The van der Waals surface area contributed by atoms with Crippen molar-refractivity contribution in [3.8, 4) is 0 Å². The van der Waals surface area contributed by atoms with Crippen LogP contribution >= 0.6 is 0 Å². The van der Waals surface area contributed by atoms with Crippen molar-refractivity contribution in [1.29, 1.82) is 0 Å². The van der Waals surface area contributed by atoms with Crippen LogP contribution in [0, 0.1) is 16.7 Å². The zero-order chi connectivity index (χ0) is 17.3. The summed E-state index contributed by atoms with van der Waals surface area (Å²) in [6.45, 7) is 7.16. The maximum atomic E-state index is 12.3. The van der Waals surface area contributed by atoms with Crippen molar-refractivity contribution in [2.75, 3.05) is 13.7 Å². The van der Waals surface area contributed by atoms with E-state index in [1.807, 2.05) is 18.2 Å².